The molecule has 3 rings (SSSR count). The number of allylic oxidation sites excluding steroid dienone is 2. The van der Waals surface area contributed by atoms with Gasteiger partial charge in [-0.05, 0) is 43.4 Å². The third-order valence-corrected chi connectivity index (χ3v) is 6.69. The lowest BCUT2D eigenvalue weighted by atomic mass is 9.93. The van der Waals surface area contributed by atoms with E-state index in [0.29, 0.717) is 19.2 Å². The Balaban J connectivity index is 1.99. The molecule has 0 N–H and O–H groups in total. The first kappa shape index (κ1) is 19.8. The van der Waals surface area contributed by atoms with Gasteiger partial charge in [-0.25, -0.2) is 9.78 Å². The van der Waals surface area contributed by atoms with Crippen LogP contribution in [0.2, 0.25) is 25.7 Å². The summed E-state index contributed by atoms with van der Waals surface area (Å²) >= 11 is 0. The molecular formula is C21H30N2O3Si. The monoisotopic (exact) mass is 386 g/mol. The first-order valence-corrected chi connectivity index (χ1v) is 13.5. The number of fused-ring (bicyclic) bond motifs is 1. The fraction of sp³-hybridized carbons (Fsp3) is 0.524. The Hall–Kier alpha value is -1.92. The van der Waals surface area contributed by atoms with Gasteiger partial charge >= 0.3 is 5.97 Å². The van der Waals surface area contributed by atoms with E-state index in [0.717, 1.165) is 35.5 Å². The predicted molar refractivity (Wildman–Crippen MR) is 112 cm³/mol. The molecule has 0 saturated carbocycles. The number of hydrogen-bond acceptors (Lipinski definition) is 4. The van der Waals surface area contributed by atoms with Crippen molar-refractivity contribution in [3.05, 3.63) is 35.7 Å². The van der Waals surface area contributed by atoms with Crippen LogP contribution in [0, 0.1) is 0 Å². The van der Waals surface area contributed by atoms with E-state index < -0.39 is 14.0 Å². The number of esters is 1. The Morgan fingerprint density at radius 2 is 2.07 bits per heavy atom. The van der Waals surface area contributed by atoms with Crippen LogP contribution in [-0.2, 0) is 16.2 Å². The highest BCUT2D eigenvalue weighted by Crippen LogP contribution is 2.32. The normalized spacial score (nSPS) is 15.0. The molecule has 1 heterocycles. The Morgan fingerprint density at radius 3 is 2.74 bits per heavy atom. The molecule has 0 aliphatic heterocycles. The Bertz CT molecular complexity index is 849. The van der Waals surface area contributed by atoms with Gasteiger partial charge in [0.2, 0.25) is 5.82 Å². The number of aromatic nitrogens is 2. The van der Waals surface area contributed by atoms with Crippen molar-refractivity contribution in [2.75, 3.05) is 13.7 Å². The van der Waals surface area contributed by atoms with Crippen molar-refractivity contribution < 1.29 is 14.3 Å². The zero-order valence-electron chi connectivity index (χ0n) is 16.9. The van der Waals surface area contributed by atoms with Gasteiger partial charge in [-0.15, -0.1) is 0 Å². The number of benzene rings is 1. The van der Waals surface area contributed by atoms with Crippen LogP contribution in [0.1, 0.15) is 41.9 Å². The highest BCUT2D eigenvalue weighted by molar-refractivity contribution is 6.76. The van der Waals surface area contributed by atoms with Crippen molar-refractivity contribution in [2.24, 2.45) is 0 Å². The van der Waals surface area contributed by atoms with Crippen molar-refractivity contribution >= 4 is 30.6 Å². The van der Waals surface area contributed by atoms with Gasteiger partial charge in [-0.3, -0.25) is 4.57 Å². The lowest BCUT2D eigenvalue weighted by Gasteiger charge is -2.18. The van der Waals surface area contributed by atoms with E-state index in [1.54, 1.807) is 0 Å². The summed E-state index contributed by atoms with van der Waals surface area (Å²) in [4.78, 5) is 16.9. The summed E-state index contributed by atoms with van der Waals surface area (Å²) in [6.07, 6.45) is 6.93. The smallest absolute Gasteiger partial charge is 0.374 e. The molecule has 0 fully saturated rings. The molecule has 1 aromatic carbocycles. The maximum Gasteiger partial charge on any atom is 0.374 e. The number of hydrogen-bond donors (Lipinski definition) is 0. The predicted octanol–water partition coefficient (Wildman–Crippen LogP) is 5.09. The standard InChI is InChI=1S/C21H30N2O3Si/c1-25-21(24)20-22-18-12-8-11-17(16-9-6-5-7-10-16)19(18)23(20)15-26-13-14-27(2,3)4/h8-9,11-12H,5-7,10,13-15H2,1-4H3. The maximum absolute atomic E-state index is 12.3. The average Bonchev–Trinajstić information content (AvgIpc) is 3.03. The number of carbonyl (C=O) groups excluding carboxylic acids is 1. The van der Waals surface area contributed by atoms with Crippen LogP contribution >= 0.6 is 0 Å². The molecule has 0 atom stereocenters. The van der Waals surface area contributed by atoms with Gasteiger partial charge in [0.1, 0.15) is 6.73 Å². The highest BCUT2D eigenvalue weighted by Gasteiger charge is 2.22. The first-order chi connectivity index (χ1) is 12.9. The van der Waals surface area contributed by atoms with E-state index in [2.05, 4.69) is 36.8 Å². The van der Waals surface area contributed by atoms with Crippen LogP contribution in [0.4, 0.5) is 0 Å². The van der Waals surface area contributed by atoms with Gasteiger partial charge in [-0.1, -0.05) is 37.8 Å². The molecule has 1 aliphatic carbocycles. The van der Waals surface area contributed by atoms with Crippen LogP contribution in [0.25, 0.3) is 16.6 Å². The molecule has 0 spiro atoms. The van der Waals surface area contributed by atoms with Crippen LogP contribution < -0.4 is 0 Å². The van der Waals surface area contributed by atoms with E-state index in [4.69, 9.17) is 9.47 Å². The lowest BCUT2D eigenvalue weighted by molar-refractivity contribution is 0.0536. The quantitative estimate of drug-likeness (QED) is 0.378. The largest absolute Gasteiger partial charge is 0.463 e. The second-order valence-electron chi connectivity index (χ2n) is 8.35. The summed E-state index contributed by atoms with van der Waals surface area (Å²) in [5.74, 6) is -0.118. The first-order valence-electron chi connectivity index (χ1n) is 9.75. The SMILES string of the molecule is COC(=O)c1nc2cccc(C3=CCCCC3)c2n1COCC[Si](C)(C)C. The van der Waals surface area contributed by atoms with E-state index in [1.807, 2.05) is 16.7 Å². The second kappa shape index (κ2) is 8.40. The fourth-order valence-corrected chi connectivity index (χ4v) is 4.19. The summed E-state index contributed by atoms with van der Waals surface area (Å²) in [5, 5.41) is 0. The lowest BCUT2D eigenvalue weighted by Crippen LogP contribution is -2.22. The van der Waals surface area contributed by atoms with E-state index in [1.165, 1.54) is 25.5 Å². The molecule has 5 nitrogen and oxygen atoms in total. The van der Waals surface area contributed by atoms with Crippen LogP contribution in [0.3, 0.4) is 0 Å². The molecular weight excluding hydrogens is 356 g/mol. The van der Waals surface area contributed by atoms with Crippen molar-refractivity contribution in [2.45, 2.75) is 58.1 Å². The van der Waals surface area contributed by atoms with Crippen LogP contribution in [-0.4, -0.2) is 37.3 Å². The highest BCUT2D eigenvalue weighted by atomic mass is 28.3. The minimum absolute atomic E-state index is 0.310. The van der Waals surface area contributed by atoms with Gasteiger partial charge in [-0.2, -0.15) is 0 Å². The summed E-state index contributed by atoms with van der Waals surface area (Å²) in [7, 11) is 0.228. The van der Waals surface area contributed by atoms with Crippen molar-refractivity contribution in [3.8, 4) is 0 Å². The number of nitrogens with zero attached hydrogens (tertiary/aromatic N) is 2. The minimum atomic E-state index is -1.16. The van der Waals surface area contributed by atoms with Gasteiger partial charge in [0.25, 0.3) is 0 Å². The summed E-state index contributed by atoms with van der Waals surface area (Å²) in [6, 6.07) is 7.18. The number of methoxy groups -OCH3 is 1. The second-order valence-corrected chi connectivity index (χ2v) is 14.0. The molecule has 1 aliphatic rings. The number of carbonyl (C=O) groups is 1. The molecule has 27 heavy (non-hydrogen) atoms. The maximum atomic E-state index is 12.3. The average molecular weight is 387 g/mol. The molecule has 1 aromatic heterocycles. The van der Waals surface area contributed by atoms with Crippen molar-refractivity contribution in [3.63, 3.8) is 0 Å². The van der Waals surface area contributed by atoms with Gasteiger partial charge < -0.3 is 9.47 Å². The fourth-order valence-electron chi connectivity index (χ4n) is 3.43. The third-order valence-electron chi connectivity index (χ3n) is 4.99. The Kier molecular flexibility index (Phi) is 6.17. The van der Waals surface area contributed by atoms with E-state index in [-0.39, 0.29) is 0 Å². The zero-order valence-corrected chi connectivity index (χ0v) is 17.9. The number of rotatable bonds is 7. The van der Waals surface area contributed by atoms with Crippen LogP contribution in [0.15, 0.2) is 24.3 Å². The Labute approximate surface area is 162 Å². The van der Waals surface area contributed by atoms with Crippen LogP contribution in [0.5, 0.6) is 0 Å². The molecule has 0 amide bonds. The summed E-state index contributed by atoms with van der Waals surface area (Å²) < 4.78 is 12.8. The number of para-hydroxylation sites is 1. The summed E-state index contributed by atoms with van der Waals surface area (Å²) in [5.41, 5.74) is 4.28. The topological polar surface area (TPSA) is 53.3 Å². The van der Waals surface area contributed by atoms with Gasteiger partial charge in [0.15, 0.2) is 0 Å². The minimum Gasteiger partial charge on any atom is -0.463 e. The third kappa shape index (κ3) is 4.68. The molecule has 2 aromatic rings. The molecule has 0 radical (unpaired) electrons. The van der Waals surface area contributed by atoms with E-state index in [9.17, 15) is 4.79 Å². The molecule has 0 saturated heterocycles. The van der Waals surface area contributed by atoms with E-state index >= 15 is 0 Å². The Morgan fingerprint density at radius 1 is 1.26 bits per heavy atom. The van der Waals surface area contributed by atoms with Crippen molar-refractivity contribution in [1.82, 2.24) is 9.55 Å². The number of ether oxygens (including phenoxy) is 2. The number of imidazole rings is 1. The molecule has 0 bridgehead atoms. The van der Waals surface area contributed by atoms with Crippen molar-refractivity contribution in [1.29, 1.82) is 0 Å². The molecule has 146 valence electrons. The molecule has 6 heteroatoms. The zero-order chi connectivity index (χ0) is 19.4. The molecule has 0 unspecified atom stereocenters. The van der Waals surface area contributed by atoms with Gasteiger partial charge in [0, 0.05) is 20.2 Å². The van der Waals surface area contributed by atoms with Gasteiger partial charge in [0.05, 0.1) is 18.1 Å². The summed E-state index contributed by atoms with van der Waals surface area (Å²) in [6.45, 7) is 8.00.